The maximum Gasteiger partial charge on any atom is 0.225 e. The van der Waals surface area contributed by atoms with E-state index in [9.17, 15) is 15.0 Å². The lowest BCUT2D eigenvalue weighted by molar-refractivity contribution is -0.135. The number of fused-ring (bicyclic) bond motifs is 1. The quantitative estimate of drug-likeness (QED) is 0.277. The molecule has 0 heterocycles. The first kappa shape index (κ1) is 28.1. The van der Waals surface area contributed by atoms with Crippen LogP contribution in [0.4, 0.5) is 0 Å². The molecule has 1 fully saturated rings. The maximum atomic E-state index is 12.5. The van der Waals surface area contributed by atoms with Gasteiger partial charge in [-0.25, -0.2) is 0 Å². The zero-order chi connectivity index (χ0) is 24.5. The highest BCUT2D eigenvalue weighted by Crippen LogP contribution is 2.47. The van der Waals surface area contributed by atoms with Crippen molar-refractivity contribution in [3.05, 3.63) is 23.8 Å². The smallest absolute Gasteiger partial charge is 0.225 e. The molecule has 0 aromatic heterocycles. The fourth-order valence-corrected chi connectivity index (χ4v) is 5.79. The summed E-state index contributed by atoms with van der Waals surface area (Å²) in [5, 5.41) is 21.0. The molecule has 5 nitrogen and oxygen atoms in total. The zero-order valence-electron chi connectivity index (χ0n) is 21.9. The van der Waals surface area contributed by atoms with E-state index >= 15 is 0 Å². The fraction of sp³-hybridized carbons (Fsp3) is 0.821. The Hall–Kier alpha value is -1.17. The van der Waals surface area contributed by atoms with Gasteiger partial charge in [-0.15, -0.1) is 0 Å². The van der Waals surface area contributed by atoms with Crippen LogP contribution in [0.5, 0.6) is 0 Å². The van der Waals surface area contributed by atoms with Gasteiger partial charge in [0.1, 0.15) is 0 Å². The lowest BCUT2D eigenvalue weighted by Crippen LogP contribution is -2.42. The number of aliphatic hydroxyl groups is 2. The Labute approximate surface area is 202 Å². The highest BCUT2D eigenvalue weighted by Gasteiger charge is 2.43. The summed E-state index contributed by atoms with van der Waals surface area (Å²) < 4.78 is 5.86. The molecule has 5 heteroatoms. The minimum Gasteiger partial charge on any atom is -0.392 e. The van der Waals surface area contributed by atoms with E-state index in [-0.39, 0.29) is 30.0 Å². The molecule has 0 saturated heterocycles. The minimum absolute atomic E-state index is 0.0940. The normalized spacial score (nSPS) is 26.8. The average molecular weight is 464 g/mol. The van der Waals surface area contributed by atoms with Gasteiger partial charge in [0.05, 0.1) is 31.8 Å². The van der Waals surface area contributed by atoms with Gasteiger partial charge in [-0.3, -0.25) is 4.79 Å². The Morgan fingerprint density at radius 2 is 1.94 bits per heavy atom. The van der Waals surface area contributed by atoms with Crippen LogP contribution >= 0.6 is 0 Å². The summed E-state index contributed by atoms with van der Waals surface area (Å²) in [6, 6.07) is 0.396. The molecule has 0 spiro atoms. The number of rotatable bonds is 14. The number of unbranched alkanes of at least 4 members (excludes halogenated alkanes) is 1. The first-order valence-corrected chi connectivity index (χ1v) is 13.3. The summed E-state index contributed by atoms with van der Waals surface area (Å²) in [5.74, 6) is 1.53. The van der Waals surface area contributed by atoms with Gasteiger partial charge in [0.2, 0.25) is 5.91 Å². The third-order valence-corrected chi connectivity index (χ3v) is 7.35. The van der Waals surface area contributed by atoms with E-state index in [1.165, 1.54) is 18.4 Å². The molecular formula is C28H49NO4. The van der Waals surface area contributed by atoms with Crippen molar-refractivity contribution in [2.75, 3.05) is 13.2 Å². The minimum atomic E-state index is -0.436. The van der Waals surface area contributed by atoms with Crippen molar-refractivity contribution in [1.82, 2.24) is 4.90 Å². The molecule has 33 heavy (non-hydrogen) atoms. The van der Waals surface area contributed by atoms with Gasteiger partial charge in [0, 0.05) is 18.0 Å². The summed E-state index contributed by atoms with van der Waals surface area (Å²) in [4.78, 5) is 14.4. The van der Waals surface area contributed by atoms with E-state index < -0.39 is 6.10 Å². The predicted molar refractivity (Wildman–Crippen MR) is 135 cm³/mol. The Balaban J connectivity index is 1.77. The van der Waals surface area contributed by atoms with E-state index in [0.29, 0.717) is 37.4 Å². The van der Waals surface area contributed by atoms with Gasteiger partial charge in [0.25, 0.3) is 0 Å². The summed E-state index contributed by atoms with van der Waals surface area (Å²) >= 11 is 0. The molecule has 6 atom stereocenters. The third kappa shape index (κ3) is 8.52. The largest absolute Gasteiger partial charge is 0.392 e. The van der Waals surface area contributed by atoms with Crippen LogP contribution in [-0.2, 0) is 9.53 Å². The van der Waals surface area contributed by atoms with Gasteiger partial charge >= 0.3 is 0 Å². The predicted octanol–water partition coefficient (Wildman–Crippen LogP) is 5.12. The van der Waals surface area contributed by atoms with E-state index in [2.05, 4.69) is 26.0 Å². The van der Waals surface area contributed by atoms with Crippen molar-refractivity contribution in [2.24, 2.45) is 23.7 Å². The van der Waals surface area contributed by atoms with Crippen LogP contribution in [0.2, 0.25) is 0 Å². The molecule has 2 aliphatic rings. The highest BCUT2D eigenvalue weighted by molar-refractivity contribution is 5.76. The summed E-state index contributed by atoms with van der Waals surface area (Å²) in [7, 11) is 0. The van der Waals surface area contributed by atoms with Gasteiger partial charge in [0.15, 0.2) is 0 Å². The van der Waals surface area contributed by atoms with Crippen LogP contribution < -0.4 is 0 Å². The molecule has 2 N–H and O–H groups in total. The molecular weight excluding hydrogens is 414 g/mol. The van der Waals surface area contributed by atoms with Crippen LogP contribution in [-0.4, -0.2) is 58.5 Å². The Morgan fingerprint density at radius 1 is 1.24 bits per heavy atom. The van der Waals surface area contributed by atoms with Crippen molar-refractivity contribution >= 4 is 5.91 Å². The van der Waals surface area contributed by atoms with Crippen LogP contribution in [0.25, 0.3) is 0 Å². The van der Waals surface area contributed by atoms with Gasteiger partial charge < -0.3 is 19.8 Å². The molecule has 0 unspecified atom stereocenters. The topological polar surface area (TPSA) is 70.0 Å². The first-order valence-electron chi connectivity index (χ1n) is 13.3. The number of carbonyl (C=O) groups excluding carboxylic acids is 1. The summed E-state index contributed by atoms with van der Waals surface area (Å²) in [6.45, 7) is 13.6. The maximum absolute atomic E-state index is 12.5. The number of nitrogens with zero attached hydrogens (tertiary/aromatic N) is 1. The van der Waals surface area contributed by atoms with Gasteiger partial charge in [-0.1, -0.05) is 51.3 Å². The molecule has 1 saturated carbocycles. The van der Waals surface area contributed by atoms with Crippen LogP contribution in [0.1, 0.15) is 86.5 Å². The highest BCUT2D eigenvalue weighted by atomic mass is 16.5. The van der Waals surface area contributed by atoms with Crippen molar-refractivity contribution in [1.29, 1.82) is 0 Å². The molecule has 0 aromatic rings. The Kier molecular flexibility index (Phi) is 11.6. The van der Waals surface area contributed by atoms with Gasteiger partial charge in [-0.05, 0) is 70.3 Å². The van der Waals surface area contributed by atoms with Crippen molar-refractivity contribution in [3.8, 4) is 0 Å². The number of ether oxygens (including phenoxy) is 1. The number of allylic oxidation sites excluding steroid dienone is 1. The van der Waals surface area contributed by atoms with Crippen molar-refractivity contribution < 1.29 is 19.7 Å². The second-order valence-corrected chi connectivity index (χ2v) is 11.0. The second-order valence-electron chi connectivity index (χ2n) is 11.0. The molecule has 0 radical (unpaired) electrons. The number of carbonyl (C=O) groups is 1. The van der Waals surface area contributed by atoms with E-state index in [0.717, 1.165) is 25.7 Å². The lowest BCUT2D eigenvalue weighted by Gasteiger charge is -2.30. The van der Waals surface area contributed by atoms with E-state index in [1.807, 2.05) is 38.7 Å². The standard InChI is InChI=1S/C28H49NO4/c1-7-8-9-21(6)14-24(30)10-11-25-26-16-22(15-23(26)17-27(25)31)18-33-13-12-28(32)29(19(2)3)20(4)5/h10-11,15,19-21,23-27,30-31H,7-9,12-14,16-18H2,1-6H3/b11-10+/t21-,23-,24+,25+,26-,27+/m0/s1. The molecule has 2 aliphatic carbocycles. The van der Waals surface area contributed by atoms with Crippen LogP contribution in [0, 0.1) is 23.7 Å². The Bertz CT molecular complexity index is 648. The fourth-order valence-electron chi connectivity index (χ4n) is 5.79. The monoisotopic (exact) mass is 463 g/mol. The molecule has 0 aliphatic heterocycles. The molecule has 190 valence electrons. The van der Waals surface area contributed by atoms with Crippen molar-refractivity contribution in [3.63, 3.8) is 0 Å². The zero-order valence-corrected chi connectivity index (χ0v) is 21.9. The summed E-state index contributed by atoms with van der Waals surface area (Å²) in [6.07, 6.45) is 11.9. The van der Waals surface area contributed by atoms with E-state index in [1.54, 1.807) is 0 Å². The lowest BCUT2D eigenvalue weighted by atomic mass is 9.88. The second kappa shape index (κ2) is 13.7. The molecule has 1 amide bonds. The first-order chi connectivity index (χ1) is 15.6. The molecule has 0 bridgehead atoms. The number of amides is 1. The number of aliphatic hydroxyl groups excluding tert-OH is 2. The SMILES string of the molecule is CCCC[C@H](C)C[C@H](O)/C=C/[C@@H]1[C@H]2CC(COCCC(=O)N(C(C)C)C(C)C)=C[C@H]2C[C@H]1O. The third-order valence-electron chi connectivity index (χ3n) is 7.35. The molecule has 2 rings (SSSR count). The van der Waals surface area contributed by atoms with E-state index in [4.69, 9.17) is 4.74 Å². The average Bonchev–Trinajstić information content (AvgIpc) is 3.23. The Morgan fingerprint density at radius 3 is 2.58 bits per heavy atom. The summed E-state index contributed by atoms with van der Waals surface area (Å²) in [5.41, 5.74) is 1.28. The van der Waals surface area contributed by atoms with Crippen LogP contribution in [0.15, 0.2) is 23.8 Å². The van der Waals surface area contributed by atoms with Crippen LogP contribution in [0.3, 0.4) is 0 Å². The number of hydrogen-bond acceptors (Lipinski definition) is 4. The van der Waals surface area contributed by atoms with Crippen molar-refractivity contribution in [2.45, 2.75) is 111 Å². The van der Waals surface area contributed by atoms with Gasteiger partial charge in [-0.2, -0.15) is 0 Å². The molecule has 0 aromatic carbocycles. The number of hydrogen-bond donors (Lipinski definition) is 2.